The molecule has 0 fully saturated rings. The Labute approximate surface area is 196 Å². The largest absolute Gasteiger partial charge is 0.496 e. The summed E-state index contributed by atoms with van der Waals surface area (Å²) in [6.45, 7) is 3.87. The monoisotopic (exact) mass is 466 g/mol. The molecule has 176 valence electrons. The molecule has 1 heterocycles. The summed E-state index contributed by atoms with van der Waals surface area (Å²) in [7, 11) is 1.48. The molecule has 6 nitrogen and oxygen atoms in total. The topological polar surface area (TPSA) is 94.6 Å². The summed E-state index contributed by atoms with van der Waals surface area (Å²) in [4.78, 5) is 13.1. The number of halogens is 2. The minimum absolute atomic E-state index is 0.0289. The van der Waals surface area contributed by atoms with Crippen LogP contribution in [0.25, 0.3) is 0 Å². The summed E-state index contributed by atoms with van der Waals surface area (Å²) < 4.78 is 43.9. The number of carbonyl (C=O) groups excluding carboxylic acids is 1. The lowest BCUT2D eigenvalue weighted by atomic mass is 9.70. The quantitative estimate of drug-likeness (QED) is 0.666. The summed E-state index contributed by atoms with van der Waals surface area (Å²) >= 11 is 0. The molecule has 1 aliphatic heterocycles. The number of hydrogen-bond acceptors (Lipinski definition) is 6. The van der Waals surface area contributed by atoms with E-state index in [-0.39, 0.29) is 35.0 Å². The van der Waals surface area contributed by atoms with Gasteiger partial charge in [-0.15, -0.1) is 0 Å². The number of methoxy groups -OCH3 is 1. The Morgan fingerprint density at radius 2 is 1.91 bits per heavy atom. The average molecular weight is 466 g/mol. The van der Waals surface area contributed by atoms with Crippen molar-refractivity contribution in [2.75, 3.05) is 7.11 Å². The van der Waals surface area contributed by atoms with E-state index in [9.17, 15) is 18.8 Å². The Bertz CT molecular complexity index is 1270. The third-order valence-corrected chi connectivity index (χ3v) is 5.99. The van der Waals surface area contributed by atoms with E-state index in [0.717, 1.165) is 12.1 Å². The summed E-state index contributed by atoms with van der Waals surface area (Å²) in [5.41, 5.74) is 7.54. The zero-order chi connectivity index (χ0) is 24.6. The fourth-order valence-electron chi connectivity index (χ4n) is 4.46. The molecule has 0 radical (unpaired) electrons. The second-order valence-corrected chi connectivity index (χ2v) is 9.14. The van der Waals surface area contributed by atoms with Crippen LogP contribution in [0.5, 0.6) is 11.5 Å². The minimum Gasteiger partial charge on any atom is -0.496 e. The van der Waals surface area contributed by atoms with Crippen molar-refractivity contribution in [3.63, 3.8) is 0 Å². The van der Waals surface area contributed by atoms with Crippen LogP contribution < -0.4 is 15.2 Å². The van der Waals surface area contributed by atoms with Gasteiger partial charge in [0.15, 0.2) is 17.3 Å². The molecule has 0 aromatic heterocycles. The van der Waals surface area contributed by atoms with Crippen molar-refractivity contribution in [1.29, 1.82) is 5.26 Å². The van der Waals surface area contributed by atoms with Crippen molar-refractivity contribution in [2.45, 2.75) is 39.2 Å². The van der Waals surface area contributed by atoms with Crippen LogP contribution in [-0.4, -0.2) is 12.9 Å². The van der Waals surface area contributed by atoms with Gasteiger partial charge in [-0.1, -0.05) is 19.9 Å². The first-order valence-corrected chi connectivity index (χ1v) is 10.7. The van der Waals surface area contributed by atoms with Crippen molar-refractivity contribution >= 4 is 5.78 Å². The van der Waals surface area contributed by atoms with Crippen molar-refractivity contribution in [1.82, 2.24) is 0 Å². The molecule has 0 amide bonds. The Morgan fingerprint density at radius 1 is 1.18 bits per heavy atom. The Balaban J connectivity index is 1.75. The van der Waals surface area contributed by atoms with Gasteiger partial charge < -0.3 is 19.9 Å². The third kappa shape index (κ3) is 4.34. The zero-order valence-electron chi connectivity index (χ0n) is 19.1. The molecule has 2 aliphatic rings. The highest BCUT2D eigenvalue weighted by Gasteiger charge is 2.43. The smallest absolute Gasteiger partial charge is 0.205 e. The molecule has 4 rings (SSSR count). The zero-order valence-corrected chi connectivity index (χ0v) is 19.1. The van der Waals surface area contributed by atoms with Crippen LogP contribution >= 0.6 is 0 Å². The fraction of sp³-hybridized carbons (Fsp3) is 0.308. The lowest BCUT2D eigenvalue weighted by molar-refractivity contribution is -0.119. The van der Waals surface area contributed by atoms with Gasteiger partial charge in [0, 0.05) is 30.0 Å². The minimum atomic E-state index is -0.827. The van der Waals surface area contributed by atoms with Crippen LogP contribution in [0.1, 0.15) is 43.7 Å². The number of allylic oxidation sites excluding steroid dienone is 3. The molecule has 2 aromatic rings. The molecule has 34 heavy (non-hydrogen) atoms. The summed E-state index contributed by atoms with van der Waals surface area (Å²) in [6.07, 6.45) is 0.834. The molecule has 2 aromatic carbocycles. The van der Waals surface area contributed by atoms with E-state index in [1.54, 1.807) is 18.2 Å². The number of ether oxygens (including phenoxy) is 3. The van der Waals surface area contributed by atoms with Gasteiger partial charge in [-0.25, -0.2) is 8.78 Å². The van der Waals surface area contributed by atoms with Crippen LogP contribution in [0.2, 0.25) is 0 Å². The van der Waals surface area contributed by atoms with Crippen molar-refractivity contribution < 1.29 is 27.8 Å². The molecule has 1 atom stereocenters. The normalized spacial score (nSPS) is 19.3. The molecule has 1 aliphatic carbocycles. The Hall–Kier alpha value is -3.86. The predicted molar refractivity (Wildman–Crippen MR) is 119 cm³/mol. The van der Waals surface area contributed by atoms with Gasteiger partial charge in [0.05, 0.1) is 13.0 Å². The highest BCUT2D eigenvalue weighted by atomic mass is 19.1. The Kier molecular flexibility index (Phi) is 6.05. The second-order valence-electron chi connectivity index (χ2n) is 9.14. The van der Waals surface area contributed by atoms with Gasteiger partial charge in [0.2, 0.25) is 5.88 Å². The van der Waals surface area contributed by atoms with E-state index in [4.69, 9.17) is 19.9 Å². The van der Waals surface area contributed by atoms with Crippen LogP contribution in [0.15, 0.2) is 59.2 Å². The average Bonchev–Trinajstić information content (AvgIpc) is 2.76. The molecule has 0 bridgehead atoms. The van der Waals surface area contributed by atoms with Gasteiger partial charge in [-0.2, -0.15) is 5.26 Å². The lowest BCUT2D eigenvalue weighted by Gasteiger charge is -2.37. The standard InChI is InChI=1S/C26H24F2N2O4/c1-26(2)10-19(31)24-22(11-26)34-25(30)17(12-29)23(24)14-4-6-20(32-3)15(8-14)13-33-21-7-5-16(27)9-18(21)28/h4-9,23H,10-11,13,30H2,1-3H3/t23-/m1/s1. The molecule has 8 heteroatoms. The number of nitrogens with two attached hydrogens (primary N) is 1. The van der Waals surface area contributed by atoms with Crippen molar-refractivity contribution in [2.24, 2.45) is 11.1 Å². The summed E-state index contributed by atoms with van der Waals surface area (Å²) in [6, 6.07) is 10.3. The maximum Gasteiger partial charge on any atom is 0.205 e. The number of hydrogen-bond donors (Lipinski definition) is 1. The number of carbonyl (C=O) groups is 1. The number of nitriles is 1. The number of rotatable bonds is 5. The van der Waals surface area contributed by atoms with Crippen molar-refractivity contribution in [3.8, 4) is 17.6 Å². The number of benzene rings is 2. The van der Waals surface area contributed by atoms with E-state index in [1.807, 2.05) is 13.8 Å². The van der Waals surface area contributed by atoms with E-state index in [2.05, 4.69) is 6.07 Å². The van der Waals surface area contributed by atoms with E-state index < -0.39 is 17.6 Å². The molecule has 0 unspecified atom stereocenters. The third-order valence-electron chi connectivity index (χ3n) is 5.99. The van der Waals surface area contributed by atoms with Crippen LogP contribution in [0.4, 0.5) is 8.78 Å². The van der Waals surface area contributed by atoms with Gasteiger partial charge in [0.1, 0.15) is 35.6 Å². The maximum absolute atomic E-state index is 14.0. The Morgan fingerprint density at radius 3 is 2.59 bits per heavy atom. The van der Waals surface area contributed by atoms with E-state index in [1.165, 1.54) is 13.2 Å². The lowest BCUT2D eigenvalue weighted by Crippen LogP contribution is -2.33. The van der Waals surface area contributed by atoms with Gasteiger partial charge >= 0.3 is 0 Å². The molecule has 0 saturated carbocycles. The number of nitrogens with zero attached hydrogens (tertiary/aromatic N) is 1. The van der Waals surface area contributed by atoms with E-state index >= 15 is 0 Å². The predicted octanol–water partition coefficient (Wildman–Crippen LogP) is 5.00. The molecule has 0 saturated heterocycles. The summed E-state index contributed by atoms with van der Waals surface area (Å²) in [5.74, 6) is -1.53. The SMILES string of the molecule is COc1ccc([C@@H]2C(C#N)=C(N)OC3=C2C(=O)CC(C)(C)C3)cc1COc1ccc(F)cc1F. The summed E-state index contributed by atoms with van der Waals surface area (Å²) in [5, 5.41) is 9.82. The number of ketones is 1. The van der Waals surface area contributed by atoms with Crippen molar-refractivity contribution in [3.05, 3.63) is 81.9 Å². The number of Topliss-reactive ketones (excluding diaryl/α,β-unsaturated/α-hetero) is 1. The van der Waals surface area contributed by atoms with Crippen LogP contribution in [0, 0.1) is 28.4 Å². The first-order chi connectivity index (χ1) is 16.1. The fourth-order valence-corrected chi connectivity index (χ4v) is 4.46. The highest BCUT2D eigenvalue weighted by Crippen LogP contribution is 2.48. The van der Waals surface area contributed by atoms with Gasteiger partial charge in [-0.05, 0) is 35.2 Å². The second kappa shape index (κ2) is 8.82. The first kappa shape index (κ1) is 23.3. The molecular weight excluding hydrogens is 442 g/mol. The van der Waals surface area contributed by atoms with Gasteiger partial charge in [-0.3, -0.25) is 4.79 Å². The van der Waals surface area contributed by atoms with E-state index in [0.29, 0.717) is 41.1 Å². The first-order valence-electron chi connectivity index (χ1n) is 10.7. The molecule has 0 spiro atoms. The van der Waals surface area contributed by atoms with Crippen LogP contribution in [0.3, 0.4) is 0 Å². The molecule has 2 N–H and O–H groups in total. The van der Waals surface area contributed by atoms with Crippen LogP contribution in [-0.2, 0) is 16.1 Å². The highest BCUT2D eigenvalue weighted by molar-refractivity contribution is 6.00. The van der Waals surface area contributed by atoms with Gasteiger partial charge in [0.25, 0.3) is 0 Å². The molecular formula is C26H24F2N2O4. The maximum atomic E-state index is 14.0.